The van der Waals surface area contributed by atoms with Gasteiger partial charge in [-0.3, -0.25) is 20.2 Å². The van der Waals surface area contributed by atoms with Crippen LogP contribution < -0.4 is 20.1 Å². The largest absolute Gasteiger partial charge is 0.480 e. The Hall–Kier alpha value is -4.80. The second-order valence-corrected chi connectivity index (χ2v) is 9.79. The van der Waals surface area contributed by atoms with Crippen LogP contribution in [0.25, 0.3) is 21.8 Å². The lowest BCUT2D eigenvalue weighted by Gasteiger charge is -2.28. The van der Waals surface area contributed by atoms with E-state index in [-0.39, 0.29) is 19.6 Å². The molecule has 5 aromatic rings. The van der Waals surface area contributed by atoms with Gasteiger partial charge < -0.3 is 29.7 Å². The lowest BCUT2D eigenvalue weighted by molar-refractivity contribution is -0.140. The van der Waals surface area contributed by atoms with E-state index in [2.05, 4.69) is 20.6 Å². The van der Waals surface area contributed by atoms with Gasteiger partial charge in [0.25, 0.3) is 0 Å². The van der Waals surface area contributed by atoms with Crippen LogP contribution in [0.4, 0.5) is 0 Å². The van der Waals surface area contributed by atoms with Crippen molar-refractivity contribution < 1.29 is 29.3 Å². The van der Waals surface area contributed by atoms with Gasteiger partial charge in [-0.1, -0.05) is 42.5 Å². The number of aliphatic carboxylic acids is 2. The molecule has 1 aliphatic heterocycles. The van der Waals surface area contributed by atoms with Crippen LogP contribution in [0.5, 0.6) is 11.5 Å². The van der Waals surface area contributed by atoms with Crippen LogP contribution in [0.2, 0.25) is 0 Å². The molecule has 3 heterocycles. The van der Waals surface area contributed by atoms with Crippen molar-refractivity contribution in [2.24, 2.45) is 0 Å². The molecule has 10 nitrogen and oxygen atoms in total. The molecule has 0 bridgehead atoms. The normalized spacial score (nSPS) is 14.1. The quantitative estimate of drug-likeness (QED) is 0.138. The van der Waals surface area contributed by atoms with Crippen molar-refractivity contribution in [3.63, 3.8) is 0 Å². The maximum Gasteiger partial charge on any atom is 0.321 e. The van der Waals surface area contributed by atoms with Gasteiger partial charge in [0.1, 0.15) is 12.1 Å². The molecule has 40 heavy (non-hydrogen) atoms. The summed E-state index contributed by atoms with van der Waals surface area (Å²) in [7, 11) is 0. The third-order valence-corrected chi connectivity index (χ3v) is 7.26. The Morgan fingerprint density at radius 2 is 1.27 bits per heavy atom. The standard InChI is InChI=1S/C30H28N4O6/c35-29(36)24(11-18-14-31-22-7-3-1-5-20(18)22)33-28(17-9-10-26-27(13-17)40-16-39-26)34-25(30(37)38)12-19-15-32-23-8-4-2-6-21(19)23/h1-10,13-15,24-25,28,31-34H,11-12,16H2,(H,35,36)(H,37,38)/t24-,25-/m1/s1. The molecule has 0 aliphatic carbocycles. The Morgan fingerprint density at radius 3 is 1.82 bits per heavy atom. The summed E-state index contributed by atoms with van der Waals surface area (Å²) >= 11 is 0. The molecule has 204 valence electrons. The summed E-state index contributed by atoms with van der Waals surface area (Å²) in [5, 5.41) is 28.6. The van der Waals surface area contributed by atoms with Crippen molar-refractivity contribution in [1.29, 1.82) is 0 Å². The molecule has 0 radical (unpaired) electrons. The third kappa shape index (κ3) is 5.09. The number of carboxylic acids is 2. The summed E-state index contributed by atoms with van der Waals surface area (Å²) in [6.07, 6.45) is 3.15. The maximum absolute atomic E-state index is 12.5. The van der Waals surface area contributed by atoms with Gasteiger partial charge in [0.15, 0.2) is 11.5 Å². The molecule has 1 aliphatic rings. The highest BCUT2D eigenvalue weighted by atomic mass is 16.7. The zero-order chi connectivity index (χ0) is 27.6. The van der Waals surface area contributed by atoms with Crippen molar-refractivity contribution in [2.45, 2.75) is 31.1 Å². The molecule has 0 unspecified atom stereocenters. The van der Waals surface area contributed by atoms with E-state index in [0.717, 1.165) is 32.9 Å². The van der Waals surface area contributed by atoms with Crippen molar-refractivity contribution in [3.05, 3.63) is 95.8 Å². The minimum atomic E-state index is -1.05. The zero-order valence-corrected chi connectivity index (χ0v) is 21.4. The van der Waals surface area contributed by atoms with E-state index >= 15 is 0 Å². The van der Waals surface area contributed by atoms with E-state index in [4.69, 9.17) is 9.47 Å². The molecule has 6 N–H and O–H groups in total. The lowest BCUT2D eigenvalue weighted by atomic mass is 10.0. The number of H-pyrrole nitrogens is 2. The summed E-state index contributed by atoms with van der Waals surface area (Å²) in [6, 6.07) is 18.6. The molecule has 0 fully saturated rings. The van der Waals surface area contributed by atoms with Gasteiger partial charge in [-0.05, 0) is 41.0 Å². The van der Waals surface area contributed by atoms with Gasteiger partial charge in [-0.2, -0.15) is 0 Å². The van der Waals surface area contributed by atoms with E-state index in [0.29, 0.717) is 17.1 Å². The predicted molar refractivity (Wildman–Crippen MR) is 148 cm³/mol. The summed E-state index contributed by atoms with van der Waals surface area (Å²) in [5.41, 5.74) is 4.13. The first kappa shape index (κ1) is 25.5. The second-order valence-electron chi connectivity index (χ2n) is 9.79. The topological polar surface area (TPSA) is 149 Å². The van der Waals surface area contributed by atoms with E-state index in [1.165, 1.54) is 0 Å². The second kappa shape index (κ2) is 10.8. The highest BCUT2D eigenvalue weighted by Gasteiger charge is 2.30. The van der Waals surface area contributed by atoms with E-state index in [1.807, 2.05) is 60.9 Å². The van der Waals surface area contributed by atoms with Gasteiger partial charge in [0, 0.05) is 47.0 Å². The highest BCUT2D eigenvalue weighted by molar-refractivity contribution is 5.85. The molecule has 0 spiro atoms. The molecular formula is C30H28N4O6. The van der Waals surface area contributed by atoms with Crippen molar-refractivity contribution >= 4 is 33.7 Å². The molecule has 6 rings (SSSR count). The van der Waals surface area contributed by atoms with Crippen molar-refractivity contribution in [1.82, 2.24) is 20.6 Å². The SMILES string of the molecule is O=C(O)[C@@H](Cc1c[nH]c2ccccc12)NC(N[C@H](Cc1c[nH]c2ccccc12)C(=O)O)c1ccc2c(c1)OCO2. The number of carbonyl (C=O) groups is 2. The van der Waals surface area contributed by atoms with Crippen molar-refractivity contribution in [3.8, 4) is 11.5 Å². The van der Waals surface area contributed by atoms with Crippen LogP contribution in [0.3, 0.4) is 0 Å². The predicted octanol–water partition coefficient (Wildman–Crippen LogP) is 3.95. The smallest absolute Gasteiger partial charge is 0.321 e. The first-order chi connectivity index (χ1) is 19.5. The number of nitrogens with one attached hydrogen (secondary N) is 4. The molecule has 0 saturated heterocycles. The third-order valence-electron chi connectivity index (χ3n) is 7.26. The molecule has 10 heteroatoms. The Kier molecular flexibility index (Phi) is 6.85. The number of aromatic amines is 2. The average molecular weight is 541 g/mol. The van der Waals surface area contributed by atoms with E-state index in [9.17, 15) is 19.8 Å². The van der Waals surface area contributed by atoms with Crippen LogP contribution in [0.1, 0.15) is 22.9 Å². The Labute approximate surface area is 228 Å². The number of aromatic nitrogens is 2. The molecular weight excluding hydrogens is 512 g/mol. The highest BCUT2D eigenvalue weighted by Crippen LogP contribution is 2.34. The fourth-order valence-corrected chi connectivity index (χ4v) is 5.21. The number of ether oxygens (including phenoxy) is 2. The van der Waals surface area contributed by atoms with Crippen LogP contribution in [-0.2, 0) is 22.4 Å². The minimum Gasteiger partial charge on any atom is -0.480 e. The number of carboxylic acid groups (broad SMARTS) is 2. The first-order valence-corrected chi connectivity index (χ1v) is 12.9. The van der Waals surface area contributed by atoms with Gasteiger partial charge in [-0.15, -0.1) is 0 Å². The van der Waals surface area contributed by atoms with Crippen LogP contribution in [0.15, 0.2) is 79.1 Å². The first-order valence-electron chi connectivity index (χ1n) is 12.9. The molecule has 0 amide bonds. The fourth-order valence-electron chi connectivity index (χ4n) is 5.21. The number of hydrogen-bond acceptors (Lipinski definition) is 6. The van der Waals surface area contributed by atoms with E-state index in [1.54, 1.807) is 18.2 Å². The van der Waals surface area contributed by atoms with Gasteiger partial charge >= 0.3 is 11.9 Å². The van der Waals surface area contributed by atoms with Gasteiger partial charge in [0.2, 0.25) is 6.79 Å². The minimum absolute atomic E-state index is 0.0843. The number of rotatable bonds is 11. The van der Waals surface area contributed by atoms with Crippen LogP contribution >= 0.6 is 0 Å². The number of para-hydroxylation sites is 2. The molecule has 2 aromatic heterocycles. The number of hydrogen-bond donors (Lipinski definition) is 6. The summed E-state index contributed by atoms with van der Waals surface area (Å²) in [4.78, 5) is 31.3. The van der Waals surface area contributed by atoms with Crippen molar-refractivity contribution in [2.75, 3.05) is 6.79 Å². The van der Waals surface area contributed by atoms with Crippen LogP contribution in [0, 0.1) is 0 Å². The zero-order valence-electron chi connectivity index (χ0n) is 21.4. The maximum atomic E-state index is 12.5. The van der Waals surface area contributed by atoms with Gasteiger partial charge in [0.05, 0.1) is 6.17 Å². The van der Waals surface area contributed by atoms with Crippen LogP contribution in [-0.4, -0.2) is 51.0 Å². The number of benzene rings is 3. The molecule has 2 atom stereocenters. The number of fused-ring (bicyclic) bond motifs is 3. The summed E-state index contributed by atoms with van der Waals surface area (Å²) in [6.45, 7) is 0.0843. The summed E-state index contributed by atoms with van der Waals surface area (Å²) in [5.74, 6) is -1.02. The average Bonchev–Trinajstić information content (AvgIpc) is 3.70. The summed E-state index contributed by atoms with van der Waals surface area (Å²) < 4.78 is 11.0. The van der Waals surface area contributed by atoms with E-state index < -0.39 is 30.2 Å². The lowest BCUT2D eigenvalue weighted by Crippen LogP contribution is -2.51. The monoisotopic (exact) mass is 540 g/mol. The van der Waals surface area contributed by atoms with Gasteiger partial charge in [-0.25, -0.2) is 0 Å². The molecule has 0 saturated carbocycles. The Morgan fingerprint density at radius 1 is 0.750 bits per heavy atom. The molecule has 3 aromatic carbocycles. The Balaban J connectivity index is 1.31. The fraction of sp³-hybridized carbons (Fsp3) is 0.200. The Bertz CT molecular complexity index is 1600.